The van der Waals surface area contributed by atoms with Crippen LogP contribution >= 0.6 is 27.7 Å². The molecule has 0 bridgehead atoms. The summed E-state index contributed by atoms with van der Waals surface area (Å²) >= 11 is 4.93. The van der Waals surface area contributed by atoms with E-state index >= 15 is 0 Å². The third kappa shape index (κ3) is 2.97. The van der Waals surface area contributed by atoms with E-state index in [1.165, 1.54) is 11.8 Å². The van der Waals surface area contributed by atoms with Gasteiger partial charge >= 0.3 is 0 Å². The number of aliphatic imine (C=N–C) groups is 1. The van der Waals surface area contributed by atoms with Crippen molar-refractivity contribution in [2.75, 3.05) is 26.3 Å². The number of nitrogens with zero attached hydrogens (tertiary/aromatic N) is 2. The second-order valence-corrected chi connectivity index (χ2v) is 6.29. The van der Waals surface area contributed by atoms with E-state index in [0.717, 1.165) is 28.3 Å². The van der Waals surface area contributed by atoms with Gasteiger partial charge in [-0.1, -0.05) is 34.1 Å². The van der Waals surface area contributed by atoms with E-state index in [-0.39, 0.29) is 5.91 Å². The molecule has 104 valence electrons. The van der Waals surface area contributed by atoms with Crippen molar-refractivity contribution in [3.63, 3.8) is 0 Å². The molecule has 1 aromatic rings. The van der Waals surface area contributed by atoms with Crippen molar-refractivity contribution in [1.29, 1.82) is 0 Å². The molecule has 1 amide bonds. The van der Waals surface area contributed by atoms with Crippen LogP contribution in [0.25, 0.3) is 6.08 Å². The molecule has 1 aromatic carbocycles. The lowest BCUT2D eigenvalue weighted by molar-refractivity contribution is -0.113. The maximum atomic E-state index is 12.0. The van der Waals surface area contributed by atoms with E-state index in [1.807, 2.05) is 30.3 Å². The number of hydrogen-bond donors (Lipinski definition) is 0. The topological polar surface area (TPSA) is 41.9 Å². The number of ether oxygens (including phenoxy) is 1. The van der Waals surface area contributed by atoms with Crippen molar-refractivity contribution < 1.29 is 9.53 Å². The quantitative estimate of drug-likeness (QED) is 0.728. The van der Waals surface area contributed by atoms with Crippen LogP contribution in [0.15, 0.2) is 38.6 Å². The van der Waals surface area contributed by atoms with Crippen LogP contribution in [0.1, 0.15) is 5.56 Å². The number of amidine groups is 1. The fourth-order valence-electron chi connectivity index (χ4n) is 2.02. The van der Waals surface area contributed by atoms with E-state index in [0.29, 0.717) is 18.1 Å². The highest BCUT2D eigenvalue weighted by Crippen LogP contribution is 2.31. The molecule has 6 heteroatoms. The van der Waals surface area contributed by atoms with Gasteiger partial charge in [-0.25, -0.2) is 0 Å². The molecule has 0 saturated carbocycles. The summed E-state index contributed by atoms with van der Waals surface area (Å²) < 4.78 is 6.29. The minimum absolute atomic E-state index is 0.160. The predicted molar refractivity (Wildman–Crippen MR) is 84.5 cm³/mol. The first-order valence-electron chi connectivity index (χ1n) is 6.34. The third-order valence-corrected chi connectivity index (χ3v) is 4.85. The van der Waals surface area contributed by atoms with E-state index in [1.54, 1.807) is 0 Å². The Balaban J connectivity index is 1.78. The van der Waals surface area contributed by atoms with Gasteiger partial charge in [-0.15, -0.1) is 0 Å². The van der Waals surface area contributed by atoms with Crippen molar-refractivity contribution in [3.05, 3.63) is 39.2 Å². The minimum Gasteiger partial charge on any atom is -0.378 e. The van der Waals surface area contributed by atoms with Gasteiger partial charge in [0.25, 0.3) is 5.91 Å². The fourth-order valence-corrected chi connectivity index (χ4v) is 3.38. The number of carbonyl (C=O) groups excluding carboxylic acids is 1. The highest BCUT2D eigenvalue weighted by Gasteiger charge is 2.27. The van der Waals surface area contributed by atoms with Crippen LogP contribution in [0.3, 0.4) is 0 Å². The van der Waals surface area contributed by atoms with Crippen LogP contribution in [0, 0.1) is 0 Å². The fraction of sp³-hybridized carbons (Fsp3) is 0.286. The summed E-state index contributed by atoms with van der Waals surface area (Å²) in [6.07, 6.45) is 1.88. The van der Waals surface area contributed by atoms with Gasteiger partial charge in [0.1, 0.15) is 0 Å². The number of amides is 1. The molecule has 1 saturated heterocycles. The molecule has 0 aromatic heterocycles. The van der Waals surface area contributed by atoms with E-state index < -0.39 is 0 Å². The lowest BCUT2D eigenvalue weighted by atomic mass is 10.2. The molecule has 0 aliphatic carbocycles. The molecular formula is C14H13BrN2O2S. The molecule has 0 atom stereocenters. The Morgan fingerprint density at radius 3 is 2.80 bits per heavy atom. The summed E-state index contributed by atoms with van der Waals surface area (Å²) in [7, 11) is 0. The number of hydrogen-bond acceptors (Lipinski definition) is 4. The standard InChI is InChI=1S/C14H13BrN2O2S/c15-11-4-2-1-3-10(11)9-12-13(18)16-14(20-12)17-5-7-19-8-6-17/h1-4,9H,5-8H2/b12-9-. The molecule has 2 aliphatic rings. The number of rotatable bonds is 1. The normalized spacial score (nSPS) is 21.4. The smallest absolute Gasteiger partial charge is 0.286 e. The van der Waals surface area contributed by atoms with Crippen molar-refractivity contribution >= 4 is 44.8 Å². The second kappa shape index (κ2) is 6.11. The van der Waals surface area contributed by atoms with Gasteiger partial charge in [-0.05, 0) is 29.5 Å². The minimum atomic E-state index is -0.160. The Labute approximate surface area is 130 Å². The zero-order valence-corrected chi connectivity index (χ0v) is 13.1. The Morgan fingerprint density at radius 1 is 1.30 bits per heavy atom. The highest BCUT2D eigenvalue weighted by atomic mass is 79.9. The van der Waals surface area contributed by atoms with Gasteiger partial charge in [-0.3, -0.25) is 4.79 Å². The molecule has 2 heterocycles. The van der Waals surface area contributed by atoms with Gasteiger partial charge in [-0.2, -0.15) is 4.99 Å². The second-order valence-electron chi connectivity index (χ2n) is 4.43. The number of benzene rings is 1. The van der Waals surface area contributed by atoms with Crippen molar-refractivity contribution in [3.8, 4) is 0 Å². The van der Waals surface area contributed by atoms with Gasteiger partial charge in [0, 0.05) is 17.6 Å². The SMILES string of the molecule is O=C1N=C(N2CCOCC2)S/C1=C\c1ccccc1Br. The number of thioether (sulfide) groups is 1. The Bertz CT molecular complexity index is 595. The lowest BCUT2D eigenvalue weighted by Gasteiger charge is -2.27. The first-order chi connectivity index (χ1) is 9.74. The van der Waals surface area contributed by atoms with Crippen LogP contribution < -0.4 is 0 Å². The molecule has 1 fully saturated rings. The van der Waals surface area contributed by atoms with Crippen LogP contribution in [0.2, 0.25) is 0 Å². The molecule has 0 spiro atoms. The van der Waals surface area contributed by atoms with Crippen LogP contribution in [-0.2, 0) is 9.53 Å². The number of halogens is 1. The average molecular weight is 353 g/mol. The third-order valence-electron chi connectivity index (χ3n) is 3.08. The van der Waals surface area contributed by atoms with E-state index in [4.69, 9.17) is 4.74 Å². The van der Waals surface area contributed by atoms with Gasteiger partial charge in [0.05, 0.1) is 18.1 Å². The summed E-state index contributed by atoms with van der Waals surface area (Å²) in [5.41, 5.74) is 0.988. The first kappa shape index (κ1) is 13.9. The Morgan fingerprint density at radius 2 is 2.05 bits per heavy atom. The zero-order valence-electron chi connectivity index (χ0n) is 10.7. The summed E-state index contributed by atoms with van der Waals surface area (Å²) in [6, 6.07) is 7.83. The van der Waals surface area contributed by atoms with E-state index in [2.05, 4.69) is 25.8 Å². The monoisotopic (exact) mass is 352 g/mol. The predicted octanol–water partition coefficient (Wildman–Crippen LogP) is 2.75. The van der Waals surface area contributed by atoms with Gasteiger partial charge in [0.15, 0.2) is 5.17 Å². The molecule has 4 nitrogen and oxygen atoms in total. The number of morpholine rings is 1. The molecule has 2 aliphatic heterocycles. The summed E-state index contributed by atoms with van der Waals surface area (Å²) in [6.45, 7) is 2.97. The Kier molecular flexibility index (Phi) is 4.24. The molecule has 0 radical (unpaired) electrons. The molecule has 20 heavy (non-hydrogen) atoms. The average Bonchev–Trinajstić information content (AvgIpc) is 2.84. The maximum Gasteiger partial charge on any atom is 0.286 e. The van der Waals surface area contributed by atoms with E-state index in [9.17, 15) is 4.79 Å². The van der Waals surface area contributed by atoms with Gasteiger partial charge in [0.2, 0.25) is 0 Å². The summed E-state index contributed by atoms with van der Waals surface area (Å²) in [5, 5.41) is 0.789. The van der Waals surface area contributed by atoms with Crippen LogP contribution in [0.5, 0.6) is 0 Å². The zero-order chi connectivity index (χ0) is 13.9. The summed E-state index contributed by atoms with van der Waals surface area (Å²) in [5.74, 6) is -0.160. The molecule has 0 N–H and O–H groups in total. The highest BCUT2D eigenvalue weighted by molar-refractivity contribution is 9.10. The molecular weight excluding hydrogens is 340 g/mol. The van der Waals surface area contributed by atoms with Crippen molar-refractivity contribution in [1.82, 2.24) is 4.90 Å². The van der Waals surface area contributed by atoms with Gasteiger partial charge < -0.3 is 9.64 Å². The lowest BCUT2D eigenvalue weighted by Crippen LogP contribution is -2.38. The Hall–Kier alpha value is -1.11. The molecule has 0 unspecified atom stereocenters. The van der Waals surface area contributed by atoms with Crippen LogP contribution in [0.4, 0.5) is 0 Å². The largest absolute Gasteiger partial charge is 0.378 e. The summed E-state index contributed by atoms with van der Waals surface area (Å²) in [4.78, 5) is 18.9. The van der Waals surface area contributed by atoms with Crippen molar-refractivity contribution in [2.45, 2.75) is 0 Å². The molecule has 3 rings (SSSR count). The number of carbonyl (C=O) groups is 1. The first-order valence-corrected chi connectivity index (χ1v) is 7.95. The maximum absolute atomic E-state index is 12.0. The van der Waals surface area contributed by atoms with Crippen molar-refractivity contribution in [2.24, 2.45) is 4.99 Å². The van der Waals surface area contributed by atoms with Crippen LogP contribution in [-0.4, -0.2) is 42.3 Å².